The van der Waals surface area contributed by atoms with Gasteiger partial charge in [0.1, 0.15) is 22.8 Å². The van der Waals surface area contributed by atoms with Gasteiger partial charge in [0.25, 0.3) is 5.91 Å². The summed E-state index contributed by atoms with van der Waals surface area (Å²) < 4.78 is 10.3. The number of phenolic OH excluding ortho intramolecular Hbond substituents is 1. The van der Waals surface area contributed by atoms with Crippen molar-refractivity contribution in [2.75, 3.05) is 19.5 Å². The molecule has 0 bridgehead atoms. The highest BCUT2D eigenvalue weighted by Gasteiger charge is 2.19. The molecule has 0 aliphatic carbocycles. The number of anilines is 1. The van der Waals surface area contributed by atoms with Crippen LogP contribution in [0.1, 0.15) is 15.9 Å². The zero-order valence-electron chi connectivity index (χ0n) is 12.4. The van der Waals surface area contributed by atoms with Gasteiger partial charge < -0.3 is 19.9 Å². The highest BCUT2D eigenvalue weighted by atomic mass is 35.5. The van der Waals surface area contributed by atoms with E-state index >= 15 is 0 Å². The molecule has 0 fully saturated rings. The van der Waals surface area contributed by atoms with E-state index in [9.17, 15) is 9.90 Å². The minimum atomic E-state index is -0.505. The van der Waals surface area contributed by atoms with Gasteiger partial charge in [-0.05, 0) is 30.7 Å². The summed E-state index contributed by atoms with van der Waals surface area (Å²) >= 11 is 6.04. The fourth-order valence-electron chi connectivity index (χ4n) is 2.03. The molecule has 0 unspecified atom stereocenters. The van der Waals surface area contributed by atoms with Gasteiger partial charge in [-0.2, -0.15) is 0 Å². The van der Waals surface area contributed by atoms with Crippen LogP contribution in [0.4, 0.5) is 5.69 Å². The smallest absolute Gasteiger partial charge is 0.263 e. The fourth-order valence-corrected chi connectivity index (χ4v) is 2.19. The van der Waals surface area contributed by atoms with Gasteiger partial charge in [-0.25, -0.2) is 0 Å². The second-order valence-electron chi connectivity index (χ2n) is 4.61. The van der Waals surface area contributed by atoms with Gasteiger partial charge in [-0.1, -0.05) is 17.7 Å². The molecule has 22 heavy (non-hydrogen) atoms. The molecule has 0 heterocycles. The minimum Gasteiger partial charge on any atom is -0.507 e. The van der Waals surface area contributed by atoms with Crippen molar-refractivity contribution in [3.8, 4) is 17.2 Å². The summed E-state index contributed by atoms with van der Waals surface area (Å²) in [5, 5.41) is 13.1. The number of halogens is 1. The van der Waals surface area contributed by atoms with Gasteiger partial charge >= 0.3 is 0 Å². The molecule has 0 aliphatic rings. The summed E-state index contributed by atoms with van der Waals surface area (Å²) in [6, 6.07) is 7.93. The molecule has 0 saturated heterocycles. The van der Waals surface area contributed by atoms with Crippen molar-refractivity contribution in [2.45, 2.75) is 6.92 Å². The van der Waals surface area contributed by atoms with E-state index in [1.165, 1.54) is 20.3 Å². The van der Waals surface area contributed by atoms with Crippen LogP contribution in [0.2, 0.25) is 5.02 Å². The molecule has 0 aliphatic heterocycles. The minimum absolute atomic E-state index is 0.0552. The maximum absolute atomic E-state index is 12.4. The van der Waals surface area contributed by atoms with Crippen molar-refractivity contribution in [1.82, 2.24) is 0 Å². The molecule has 2 rings (SSSR count). The Kier molecular flexibility index (Phi) is 4.78. The molecule has 5 nitrogen and oxygen atoms in total. The number of hydrogen-bond donors (Lipinski definition) is 2. The number of aryl methyl sites for hydroxylation is 1. The molecule has 6 heteroatoms. The van der Waals surface area contributed by atoms with Crippen LogP contribution in [0, 0.1) is 6.92 Å². The van der Waals surface area contributed by atoms with Gasteiger partial charge in [0.2, 0.25) is 0 Å². The first-order valence-corrected chi connectivity index (χ1v) is 6.87. The molecule has 0 aromatic heterocycles. The molecule has 0 saturated carbocycles. The van der Waals surface area contributed by atoms with E-state index in [1.807, 2.05) is 6.92 Å². The van der Waals surface area contributed by atoms with Crippen LogP contribution >= 0.6 is 11.6 Å². The van der Waals surface area contributed by atoms with Crippen molar-refractivity contribution >= 4 is 23.2 Å². The van der Waals surface area contributed by atoms with E-state index in [0.29, 0.717) is 16.5 Å². The van der Waals surface area contributed by atoms with Gasteiger partial charge in [0.15, 0.2) is 0 Å². The SMILES string of the molecule is COc1cc(Cl)c(C)cc1NC(=O)c1c(O)cccc1OC. The van der Waals surface area contributed by atoms with Crippen molar-refractivity contribution in [3.63, 3.8) is 0 Å². The topological polar surface area (TPSA) is 67.8 Å². The van der Waals surface area contributed by atoms with Gasteiger partial charge in [0.05, 0.1) is 19.9 Å². The number of phenols is 1. The Hall–Kier alpha value is -2.40. The normalized spacial score (nSPS) is 10.2. The first-order valence-electron chi connectivity index (χ1n) is 6.49. The van der Waals surface area contributed by atoms with Crippen LogP contribution in [0.5, 0.6) is 17.2 Å². The van der Waals surface area contributed by atoms with Crippen LogP contribution in [0.25, 0.3) is 0 Å². The summed E-state index contributed by atoms with van der Waals surface area (Å²) in [7, 11) is 2.91. The van der Waals surface area contributed by atoms with Crippen LogP contribution in [0.15, 0.2) is 30.3 Å². The van der Waals surface area contributed by atoms with Gasteiger partial charge in [-0.3, -0.25) is 4.79 Å². The Morgan fingerprint density at radius 1 is 1.18 bits per heavy atom. The number of amides is 1. The van der Waals surface area contributed by atoms with Crippen molar-refractivity contribution in [3.05, 3.63) is 46.5 Å². The Bertz CT molecular complexity index is 716. The molecule has 0 radical (unpaired) electrons. The third-order valence-electron chi connectivity index (χ3n) is 3.18. The maximum Gasteiger partial charge on any atom is 0.263 e. The molecule has 116 valence electrons. The maximum atomic E-state index is 12.4. The van der Waals surface area contributed by atoms with Gasteiger partial charge in [-0.15, -0.1) is 0 Å². The first kappa shape index (κ1) is 16.0. The quantitative estimate of drug-likeness (QED) is 0.902. The average molecular weight is 322 g/mol. The molecular weight excluding hydrogens is 306 g/mol. The molecule has 0 atom stereocenters. The third kappa shape index (κ3) is 3.09. The number of methoxy groups -OCH3 is 2. The van der Waals surface area contributed by atoms with Crippen LogP contribution in [-0.2, 0) is 0 Å². The fraction of sp³-hybridized carbons (Fsp3) is 0.188. The number of carbonyl (C=O) groups excluding carboxylic acids is 1. The summed E-state index contributed by atoms with van der Waals surface area (Å²) in [6.07, 6.45) is 0. The highest BCUT2D eigenvalue weighted by Crippen LogP contribution is 2.33. The molecule has 0 spiro atoms. The number of nitrogens with one attached hydrogen (secondary N) is 1. The van der Waals surface area contributed by atoms with E-state index in [-0.39, 0.29) is 17.1 Å². The summed E-state index contributed by atoms with van der Waals surface area (Å²) in [5.74, 6) is 0.0389. The summed E-state index contributed by atoms with van der Waals surface area (Å²) in [6.45, 7) is 1.82. The molecule has 1 amide bonds. The monoisotopic (exact) mass is 321 g/mol. The number of hydrogen-bond acceptors (Lipinski definition) is 4. The molecular formula is C16H16ClNO4. The van der Waals surface area contributed by atoms with Crippen molar-refractivity contribution in [1.29, 1.82) is 0 Å². The molecule has 2 aromatic rings. The zero-order chi connectivity index (χ0) is 16.3. The standard InChI is InChI=1S/C16H16ClNO4/c1-9-7-11(14(22-3)8-10(9)17)18-16(20)15-12(19)5-4-6-13(15)21-2/h4-8,19H,1-3H3,(H,18,20). The lowest BCUT2D eigenvalue weighted by Gasteiger charge is -2.14. The second kappa shape index (κ2) is 6.58. The largest absolute Gasteiger partial charge is 0.507 e. The highest BCUT2D eigenvalue weighted by molar-refractivity contribution is 6.31. The number of benzene rings is 2. The van der Waals surface area contributed by atoms with Crippen LogP contribution < -0.4 is 14.8 Å². The zero-order valence-corrected chi connectivity index (χ0v) is 13.2. The third-order valence-corrected chi connectivity index (χ3v) is 3.59. The van der Waals surface area contributed by atoms with E-state index in [1.54, 1.807) is 24.3 Å². The lowest BCUT2D eigenvalue weighted by atomic mass is 10.1. The van der Waals surface area contributed by atoms with E-state index < -0.39 is 5.91 Å². The number of ether oxygens (including phenoxy) is 2. The van der Waals surface area contributed by atoms with Crippen LogP contribution in [-0.4, -0.2) is 25.2 Å². The average Bonchev–Trinajstić information content (AvgIpc) is 2.50. The summed E-state index contributed by atoms with van der Waals surface area (Å²) in [5.41, 5.74) is 1.31. The predicted molar refractivity (Wildman–Crippen MR) is 85.4 cm³/mol. The molecule has 2 N–H and O–H groups in total. The Morgan fingerprint density at radius 2 is 1.86 bits per heavy atom. The van der Waals surface area contributed by atoms with Crippen molar-refractivity contribution < 1.29 is 19.4 Å². The Labute approximate surface area is 133 Å². The van der Waals surface area contributed by atoms with E-state index in [4.69, 9.17) is 21.1 Å². The lowest BCUT2D eigenvalue weighted by Crippen LogP contribution is -2.14. The Morgan fingerprint density at radius 3 is 2.50 bits per heavy atom. The lowest BCUT2D eigenvalue weighted by molar-refractivity contribution is 0.102. The number of aromatic hydroxyl groups is 1. The van der Waals surface area contributed by atoms with E-state index in [2.05, 4.69) is 5.32 Å². The number of rotatable bonds is 4. The molecule has 2 aromatic carbocycles. The number of carbonyl (C=O) groups is 1. The first-order chi connectivity index (χ1) is 10.5. The van der Waals surface area contributed by atoms with Gasteiger partial charge in [0, 0.05) is 11.1 Å². The Balaban J connectivity index is 2.40. The van der Waals surface area contributed by atoms with Crippen molar-refractivity contribution in [2.24, 2.45) is 0 Å². The predicted octanol–water partition coefficient (Wildman–Crippen LogP) is 3.62. The van der Waals surface area contributed by atoms with Crippen LogP contribution in [0.3, 0.4) is 0 Å². The summed E-state index contributed by atoms with van der Waals surface area (Å²) in [4.78, 5) is 12.4. The second-order valence-corrected chi connectivity index (χ2v) is 5.02. The van der Waals surface area contributed by atoms with E-state index in [0.717, 1.165) is 5.56 Å².